The molecule has 2 N–H and O–H groups in total. The van der Waals surface area contributed by atoms with E-state index in [0.29, 0.717) is 5.56 Å². The summed E-state index contributed by atoms with van der Waals surface area (Å²) in [5.41, 5.74) is -0.901. The zero-order chi connectivity index (χ0) is 22.0. The largest absolute Gasteiger partial charge is 0.449 e. The number of carbonyl (C=O) groups is 2. The number of ether oxygens (including phenoxy) is 1. The first-order valence-corrected chi connectivity index (χ1v) is 8.73. The topological polar surface area (TPSA) is 154 Å². The number of rotatable bonds is 5. The molecule has 0 spiro atoms. The maximum absolute atomic E-state index is 11.9. The summed E-state index contributed by atoms with van der Waals surface area (Å²) < 4.78 is 5.45. The summed E-state index contributed by atoms with van der Waals surface area (Å²) in [7, 11) is 0. The lowest BCUT2D eigenvalue weighted by molar-refractivity contribution is -0.394. The Hall–Kier alpha value is -3.90. The fraction of sp³-hybridized carbons (Fsp3) is 0. The number of hydrogen-bond donors (Lipinski definition) is 2. The summed E-state index contributed by atoms with van der Waals surface area (Å²) in [5, 5.41) is 26.5. The van der Waals surface area contributed by atoms with Gasteiger partial charge < -0.3 is 4.74 Å². The number of carbonyl (C=O) groups excluding carboxylic acids is 2. The molecule has 11 nitrogen and oxygen atoms in total. The molecule has 0 atom stereocenters. The van der Waals surface area contributed by atoms with Gasteiger partial charge in [0.25, 0.3) is 17.5 Å². The van der Waals surface area contributed by atoms with Crippen LogP contribution in [-0.4, -0.2) is 26.8 Å². The summed E-state index contributed by atoms with van der Waals surface area (Å²) in [6.45, 7) is 0. The molecule has 0 saturated carbocycles. The molecule has 0 bridgehead atoms. The van der Waals surface area contributed by atoms with Crippen LogP contribution in [0.1, 0.15) is 5.56 Å². The van der Waals surface area contributed by atoms with Gasteiger partial charge in [-0.15, -0.1) is 0 Å². The molecular weight excluding hydrogens is 440 g/mol. The van der Waals surface area contributed by atoms with Gasteiger partial charge in [0.15, 0.2) is 5.11 Å². The standard InChI is InChI=1S/C17H9ClN4O7S/c18-11-6-8(5-10-15(23)19-17(30)20-16(10)24)1-3-13(11)29-14-4-2-9(21(25)26)7-12(14)22(27)28/h1-7H,(H2,19,20,23,24,30). The van der Waals surface area contributed by atoms with Crippen LogP contribution < -0.4 is 15.4 Å². The van der Waals surface area contributed by atoms with Crippen LogP contribution >= 0.6 is 23.8 Å². The Kier molecular flexibility index (Phi) is 5.71. The third-order valence-electron chi connectivity index (χ3n) is 3.78. The number of nitrogens with one attached hydrogen (secondary N) is 2. The van der Waals surface area contributed by atoms with Crippen molar-refractivity contribution in [2.24, 2.45) is 0 Å². The molecule has 2 aromatic carbocycles. The molecule has 1 aliphatic heterocycles. The SMILES string of the molecule is O=C1NC(=S)NC(=O)C1=Cc1ccc(Oc2ccc([N+](=O)[O-])cc2[N+](=O)[O-])c(Cl)c1. The highest BCUT2D eigenvalue weighted by atomic mass is 35.5. The van der Waals surface area contributed by atoms with Crippen molar-refractivity contribution in [2.75, 3.05) is 0 Å². The van der Waals surface area contributed by atoms with Gasteiger partial charge in [-0.2, -0.15) is 0 Å². The normalized spacial score (nSPS) is 13.4. The average Bonchev–Trinajstić information content (AvgIpc) is 2.66. The van der Waals surface area contributed by atoms with E-state index in [9.17, 15) is 29.8 Å². The smallest absolute Gasteiger partial charge is 0.318 e. The molecule has 2 aromatic rings. The zero-order valence-electron chi connectivity index (χ0n) is 14.6. The van der Waals surface area contributed by atoms with Crippen molar-refractivity contribution in [3.05, 3.63) is 72.8 Å². The molecule has 0 radical (unpaired) electrons. The molecule has 0 unspecified atom stereocenters. The summed E-state index contributed by atoms with van der Waals surface area (Å²) in [5.74, 6) is -1.59. The third kappa shape index (κ3) is 4.39. The van der Waals surface area contributed by atoms with Gasteiger partial charge in [-0.05, 0) is 42.1 Å². The number of thiocarbonyl (C=S) groups is 1. The van der Waals surface area contributed by atoms with Crippen molar-refractivity contribution >= 4 is 58.2 Å². The number of nitrogens with zero attached hydrogens (tertiary/aromatic N) is 2. The monoisotopic (exact) mass is 448 g/mol. The van der Waals surface area contributed by atoms with Crippen molar-refractivity contribution in [3.63, 3.8) is 0 Å². The van der Waals surface area contributed by atoms with E-state index >= 15 is 0 Å². The van der Waals surface area contributed by atoms with Gasteiger partial charge in [-0.1, -0.05) is 17.7 Å². The number of hydrogen-bond acceptors (Lipinski definition) is 8. The van der Waals surface area contributed by atoms with Crippen LogP contribution in [0, 0.1) is 20.2 Å². The summed E-state index contributed by atoms with van der Waals surface area (Å²) in [6, 6.07) is 7.10. The fourth-order valence-corrected chi connectivity index (χ4v) is 2.84. The van der Waals surface area contributed by atoms with Crippen LogP contribution in [0.15, 0.2) is 42.0 Å². The molecule has 1 aliphatic rings. The Morgan fingerprint density at radius 1 is 0.967 bits per heavy atom. The Morgan fingerprint density at radius 3 is 2.17 bits per heavy atom. The van der Waals surface area contributed by atoms with E-state index in [-0.39, 0.29) is 27.2 Å². The number of non-ortho nitro benzene ring substituents is 1. The lowest BCUT2D eigenvalue weighted by atomic mass is 10.1. The summed E-state index contributed by atoms with van der Waals surface area (Å²) >= 11 is 10.9. The van der Waals surface area contributed by atoms with E-state index in [1.807, 2.05) is 0 Å². The van der Waals surface area contributed by atoms with Crippen molar-refractivity contribution in [1.82, 2.24) is 10.6 Å². The summed E-state index contributed by atoms with van der Waals surface area (Å²) in [6.07, 6.45) is 1.27. The zero-order valence-corrected chi connectivity index (χ0v) is 16.2. The first-order valence-electron chi connectivity index (χ1n) is 7.94. The van der Waals surface area contributed by atoms with Crippen LogP contribution in [0.25, 0.3) is 6.08 Å². The van der Waals surface area contributed by atoms with E-state index in [1.54, 1.807) is 0 Å². The van der Waals surface area contributed by atoms with Gasteiger partial charge in [-0.25, -0.2) is 0 Å². The van der Waals surface area contributed by atoms with Gasteiger partial charge in [-0.3, -0.25) is 40.5 Å². The quantitative estimate of drug-likeness (QED) is 0.232. The number of nitro groups is 2. The minimum absolute atomic E-state index is 0.0177. The van der Waals surface area contributed by atoms with E-state index in [2.05, 4.69) is 10.6 Å². The van der Waals surface area contributed by atoms with Crippen LogP contribution in [0.4, 0.5) is 11.4 Å². The number of benzene rings is 2. The van der Waals surface area contributed by atoms with Crippen molar-refractivity contribution in [2.45, 2.75) is 0 Å². The van der Waals surface area contributed by atoms with Gasteiger partial charge in [0.2, 0.25) is 5.75 Å². The van der Waals surface area contributed by atoms with Crippen LogP contribution in [-0.2, 0) is 9.59 Å². The van der Waals surface area contributed by atoms with Gasteiger partial charge in [0, 0.05) is 6.07 Å². The first kappa shape index (κ1) is 20.8. The van der Waals surface area contributed by atoms with Crippen LogP contribution in [0.3, 0.4) is 0 Å². The second-order valence-electron chi connectivity index (χ2n) is 5.75. The van der Waals surface area contributed by atoms with Crippen LogP contribution in [0.5, 0.6) is 11.5 Å². The molecule has 3 rings (SSSR count). The van der Waals surface area contributed by atoms with E-state index in [0.717, 1.165) is 18.2 Å². The van der Waals surface area contributed by atoms with Gasteiger partial charge in [0.1, 0.15) is 11.3 Å². The van der Waals surface area contributed by atoms with E-state index in [4.69, 9.17) is 28.6 Å². The molecule has 0 aromatic heterocycles. The number of amides is 2. The predicted octanol–water partition coefficient (Wildman–Crippen LogP) is 2.86. The average molecular weight is 449 g/mol. The molecule has 1 fully saturated rings. The lowest BCUT2D eigenvalue weighted by Gasteiger charge is -2.16. The molecule has 2 amide bonds. The fourth-order valence-electron chi connectivity index (χ4n) is 2.43. The Balaban J connectivity index is 1.90. The highest BCUT2D eigenvalue weighted by Crippen LogP contribution is 2.37. The van der Waals surface area contributed by atoms with Gasteiger partial charge in [0.05, 0.1) is 20.9 Å². The Bertz CT molecular complexity index is 1140. The van der Waals surface area contributed by atoms with Gasteiger partial charge >= 0.3 is 5.69 Å². The molecule has 13 heteroatoms. The molecule has 1 heterocycles. The maximum atomic E-state index is 11.9. The maximum Gasteiger partial charge on any atom is 0.318 e. The molecular formula is C17H9ClN4O7S. The first-order chi connectivity index (χ1) is 14.2. The Labute approximate surface area is 177 Å². The summed E-state index contributed by atoms with van der Waals surface area (Å²) in [4.78, 5) is 44.2. The Morgan fingerprint density at radius 2 is 1.60 bits per heavy atom. The van der Waals surface area contributed by atoms with Crippen molar-refractivity contribution < 1.29 is 24.2 Å². The molecule has 30 heavy (non-hydrogen) atoms. The number of halogens is 1. The minimum Gasteiger partial charge on any atom is -0.449 e. The van der Waals surface area contributed by atoms with E-state index < -0.39 is 33.0 Å². The van der Waals surface area contributed by atoms with Crippen molar-refractivity contribution in [3.8, 4) is 11.5 Å². The minimum atomic E-state index is -0.820. The van der Waals surface area contributed by atoms with Crippen molar-refractivity contribution in [1.29, 1.82) is 0 Å². The van der Waals surface area contributed by atoms with Crippen LogP contribution in [0.2, 0.25) is 5.02 Å². The number of nitro benzene ring substituents is 2. The lowest BCUT2D eigenvalue weighted by Crippen LogP contribution is -2.51. The predicted molar refractivity (Wildman–Crippen MR) is 108 cm³/mol. The highest BCUT2D eigenvalue weighted by molar-refractivity contribution is 7.80. The van der Waals surface area contributed by atoms with E-state index in [1.165, 1.54) is 24.3 Å². The molecule has 152 valence electrons. The highest BCUT2D eigenvalue weighted by Gasteiger charge is 2.26. The molecule has 1 saturated heterocycles. The second kappa shape index (κ2) is 8.23. The molecule has 0 aliphatic carbocycles. The third-order valence-corrected chi connectivity index (χ3v) is 4.28. The second-order valence-corrected chi connectivity index (χ2v) is 6.57.